The number of benzene rings is 3. The SMILES string of the molecule is CCC(C)c1ccc(OCCn2c(-c3ccc(C)cc3)nc3ccccc32)cc1. The summed E-state index contributed by atoms with van der Waals surface area (Å²) in [6, 6.07) is 25.3. The summed E-state index contributed by atoms with van der Waals surface area (Å²) in [6.45, 7) is 7.93. The third-order valence-corrected chi connectivity index (χ3v) is 5.61. The lowest BCUT2D eigenvalue weighted by Gasteiger charge is -2.13. The van der Waals surface area contributed by atoms with Crippen molar-refractivity contribution in [2.24, 2.45) is 0 Å². The maximum Gasteiger partial charge on any atom is 0.141 e. The molecular weight excluding hydrogens is 356 g/mol. The van der Waals surface area contributed by atoms with Gasteiger partial charge in [0.2, 0.25) is 0 Å². The Morgan fingerprint density at radius 1 is 0.931 bits per heavy atom. The third-order valence-electron chi connectivity index (χ3n) is 5.61. The first-order chi connectivity index (χ1) is 14.2. The molecule has 148 valence electrons. The molecule has 1 heterocycles. The fraction of sp³-hybridized carbons (Fsp3) is 0.269. The Bertz CT molecular complexity index is 1080. The van der Waals surface area contributed by atoms with Crippen molar-refractivity contribution in [1.29, 1.82) is 0 Å². The number of para-hydroxylation sites is 2. The molecule has 0 fully saturated rings. The maximum absolute atomic E-state index is 6.06. The number of ether oxygens (including phenoxy) is 1. The number of aryl methyl sites for hydroxylation is 1. The monoisotopic (exact) mass is 384 g/mol. The maximum atomic E-state index is 6.06. The van der Waals surface area contributed by atoms with Gasteiger partial charge in [0, 0.05) is 5.56 Å². The van der Waals surface area contributed by atoms with Crippen LogP contribution in [0.4, 0.5) is 0 Å². The van der Waals surface area contributed by atoms with Gasteiger partial charge >= 0.3 is 0 Å². The molecule has 0 bridgehead atoms. The zero-order valence-electron chi connectivity index (χ0n) is 17.4. The fourth-order valence-corrected chi connectivity index (χ4v) is 3.61. The highest BCUT2D eigenvalue weighted by atomic mass is 16.5. The summed E-state index contributed by atoms with van der Waals surface area (Å²) < 4.78 is 8.32. The van der Waals surface area contributed by atoms with Crippen molar-refractivity contribution in [3.63, 3.8) is 0 Å². The molecule has 1 atom stereocenters. The summed E-state index contributed by atoms with van der Waals surface area (Å²) in [7, 11) is 0. The van der Waals surface area contributed by atoms with Crippen LogP contribution in [0.3, 0.4) is 0 Å². The van der Waals surface area contributed by atoms with Gasteiger partial charge < -0.3 is 9.30 Å². The van der Waals surface area contributed by atoms with Gasteiger partial charge in [-0.05, 0) is 49.1 Å². The van der Waals surface area contributed by atoms with E-state index in [4.69, 9.17) is 9.72 Å². The molecule has 0 aliphatic heterocycles. The Kier molecular flexibility index (Phi) is 5.66. The molecule has 0 radical (unpaired) electrons. The van der Waals surface area contributed by atoms with Crippen LogP contribution in [0.25, 0.3) is 22.4 Å². The van der Waals surface area contributed by atoms with E-state index in [0.717, 1.165) is 41.1 Å². The Labute approximate surface area is 173 Å². The normalized spacial score (nSPS) is 12.2. The minimum Gasteiger partial charge on any atom is -0.492 e. The highest BCUT2D eigenvalue weighted by Gasteiger charge is 2.12. The van der Waals surface area contributed by atoms with Gasteiger partial charge in [0.25, 0.3) is 0 Å². The number of hydrogen-bond donors (Lipinski definition) is 0. The summed E-state index contributed by atoms with van der Waals surface area (Å²) in [6.07, 6.45) is 1.15. The second-order valence-electron chi connectivity index (χ2n) is 7.67. The van der Waals surface area contributed by atoms with Gasteiger partial charge in [-0.25, -0.2) is 4.98 Å². The van der Waals surface area contributed by atoms with Crippen LogP contribution >= 0.6 is 0 Å². The van der Waals surface area contributed by atoms with Gasteiger partial charge in [0.15, 0.2) is 0 Å². The van der Waals surface area contributed by atoms with E-state index >= 15 is 0 Å². The van der Waals surface area contributed by atoms with Gasteiger partial charge in [0.05, 0.1) is 17.6 Å². The molecule has 3 nitrogen and oxygen atoms in total. The quantitative estimate of drug-likeness (QED) is 0.359. The topological polar surface area (TPSA) is 27.1 Å². The van der Waals surface area contributed by atoms with Gasteiger partial charge in [-0.3, -0.25) is 0 Å². The van der Waals surface area contributed by atoms with Crippen LogP contribution in [-0.4, -0.2) is 16.2 Å². The Balaban J connectivity index is 1.54. The Morgan fingerprint density at radius 2 is 1.66 bits per heavy atom. The van der Waals surface area contributed by atoms with Crippen LogP contribution in [-0.2, 0) is 6.54 Å². The van der Waals surface area contributed by atoms with Gasteiger partial charge in [-0.15, -0.1) is 0 Å². The molecule has 4 rings (SSSR count). The molecule has 4 aromatic rings. The summed E-state index contributed by atoms with van der Waals surface area (Å²) in [5, 5.41) is 0. The standard InChI is InChI=1S/C26H28N2O/c1-4-20(3)21-13-15-23(16-14-21)29-18-17-28-25-8-6-5-7-24(25)27-26(28)22-11-9-19(2)10-12-22/h5-16,20H,4,17-18H2,1-3H3. The van der Waals surface area contributed by atoms with E-state index in [0.29, 0.717) is 12.5 Å². The van der Waals surface area contributed by atoms with Gasteiger partial charge in [0.1, 0.15) is 18.2 Å². The van der Waals surface area contributed by atoms with Crippen molar-refractivity contribution in [1.82, 2.24) is 9.55 Å². The molecule has 0 spiro atoms. The molecule has 1 unspecified atom stereocenters. The Morgan fingerprint density at radius 3 is 2.38 bits per heavy atom. The zero-order valence-corrected chi connectivity index (χ0v) is 17.4. The van der Waals surface area contributed by atoms with Crippen molar-refractivity contribution in [3.8, 4) is 17.1 Å². The first kappa shape index (κ1) is 19.3. The van der Waals surface area contributed by atoms with E-state index in [1.165, 1.54) is 11.1 Å². The molecule has 0 saturated carbocycles. The molecule has 3 aromatic carbocycles. The molecular formula is C26H28N2O. The van der Waals surface area contributed by atoms with E-state index in [1.807, 2.05) is 6.07 Å². The lowest BCUT2D eigenvalue weighted by Crippen LogP contribution is -2.09. The average Bonchev–Trinajstić information content (AvgIpc) is 3.13. The molecule has 3 heteroatoms. The lowest BCUT2D eigenvalue weighted by molar-refractivity contribution is 0.300. The van der Waals surface area contributed by atoms with Crippen LogP contribution < -0.4 is 4.74 Å². The van der Waals surface area contributed by atoms with E-state index in [-0.39, 0.29) is 0 Å². The molecule has 0 aliphatic rings. The van der Waals surface area contributed by atoms with E-state index < -0.39 is 0 Å². The van der Waals surface area contributed by atoms with Gasteiger partial charge in [-0.2, -0.15) is 0 Å². The largest absolute Gasteiger partial charge is 0.492 e. The van der Waals surface area contributed by atoms with Crippen molar-refractivity contribution in [3.05, 3.63) is 83.9 Å². The first-order valence-electron chi connectivity index (χ1n) is 10.4. The number of rotatable bonds is 7. The zero-order chi connectivity index (χ0) is 20.2. The van der Waals surface area contributed by atoms with Crippen molar-refractivity contribution in [2.45, 2.75) is 39.7 Å². The summed E-state index contributed by atoms with van der Waals surface area (Å²) in [4.78, 5) is 4.89. The van der Waals surface area contributed by atoms with E-state index in [1.54, 1.807) is 0 Å². The van der Waals surface area contributed by atoms with Crippen molar-refractivity contribution in [2.75, 3.05) is 6.61 Å². The van der Waals surface area contributed by atoms with Gasteiger partial charge in [-0.1, -0.05) is 67.9 Å². The summed E-state index contributed by atoms with van der Waals surface area (Å²) in [5.74, 6) is 2.48. The highest BCUT2D eigenvalue weighted by molar-refractivity contribution is 5.80. The lowest BCUT2D eigenvalue weighted by atomic mass is 9.99. The van der Waals surface area contributed by atoms with Crippen LogP contribution in [0.1, 0.15) is 37.3 Å². The average molecular weight is 385 g/mol. The molecule has 29 heavy (non-hydrogen) atoms. The van der Waals surface area contributed by atoms with Crippen LogP contribution in [0.2, 0.25) is 0 Å². The highest BCUT2D eigenvalue weighted by Crippen LogP contribution is 2.26. The Hall–Kier alpha value is -3.07. The first-order valence-corrected chi connectivity index (χ1v) is 10.4. The number of imidazole rings is 1. The van der Waals surface area contributed by atoms with Crippen molar-refractivity contribution >= 4 is 11.0 Å². The van der Waals surface area contributed by atoms with E-state index in [2.05, 4.69) is 92.1 Å². The van der Waals surface area contributed by atoms with E-state index in [9.17, 15) is 0 Å². The summed E-state index contributed by atoms with van der Waals surface area (Å²) >= 11 is 0. The number of nitrogens with zero attached hydrogens (tertiary/aromatic N) is 2. The molecule has 0 aliphatic carbocycles. The second-order valence-corrected chi connectivity index (χ2v) is 7.67. The predicted molar refractivity (Wildman–Crippen MR) is 121 cm³/mol. The minimum absolute atomic E-state index is 0.582. The molecule has 0 amide bonds. The molecule has 0 saturated heterocycles. The van der Waals surface area contributed by atoms with Crippen molar-refractivity contribution < 1.29 is 4.74 Å². The van der Waals surface area contributed by atoms with Crippen LogP contribution in [0.15, 0.2) is 72.8 Å². The fourth-order valence-electron chi connectivity index (χ4n) is 3.61. The smallest absolute Gasteiger partial charge is 0.141 e. The third kappa shape index (κ3) is 4.19. The minimum atomic E-state index is 0.582. The summed E-state index contributed by atoms with van der Waals surface area (Å²) in [5.41, 5.74) is 5.90. The number of hydrogen-bond acceptors (Lipinski definition) is 2. The predicted octanol–water partition coefficient (Wildman–Crippen LogP) is 6.60. The van der Waals surface area contributed by atoms with Crippen LogP contribution in [0.5, 0.6) is 5.75 Å². The molecule has 0 N–H and O–H groups in total. The number of fused-ring (bicyclic) bond motifs is 1. The van der Waals surface area contributed by atoms with Crippen LogP contribution in [0, 0.1) is 6.92 Å². The number of aromatic nitrogens is 2. The second kappa shape index (κ2) is 8.52. The molecule has 1 aromatic heterocycles.